The summed E-state index contributed by atoms with van der Waals surface area (Å²) in [6.45, 7) is 5.41. The molecule has 0 unspecified atom stereocenters. The quantitative estimate of drug-likeness (QED) is 0.454. The third kappa shape index (κ3) is 5.03. The number of aromatic nitrogens is 3. The minimum absolute atomic E-state index is 0.190. The predicted octanol–water partition coefficient (Wildman–Crippen LogP) is 5.17. The molecule has 1 fully saturated rings. The van der Waals surface area contributed by atoms with Gasteiger partial charge >= 0.3 is 0 Å². The first-order chi connectivity index (χ1) is 15.2. The molecule has 0 aliphatic heterocycles. The zero-order valence-electron chi connectivity index (χ0n) is 18.3. The third-order valence-electron chi connectivity index (χ3n) is 6.00. The Balaban J connectivity index is 1.54. The highest BCUT2D eigenvalue weighted by Gasteiger charge is 2.25. The molecular weight excluding hydrogens is 408 g/mol. The number of aryl methyl sites for hydroxylation is 1. The van der Waals surface area contributed by atoms with Crippen molar-refractivity contribution in [3.63, 3.8) is 0 Å². The van der Waals surface area contributed by atoms with Gasteiger partial charge in [-0.3, -0.25) is 9.36 Å². The van der Waals surface area contributed by atoms with Gasteiger partial charge in [0.25, 0.3) is 0 Å². The summed E-state index contributed by atoms with van der Waals surface area (Å²) >= 11 is 1.47. The molecule has 6 nitrogen and oxygen atoms in total. The van der Waals surface area contributed by atoms with Crippen molar-refractivity contribution in [3.05, 3.63) is 54.0 Å². The van der Waals surface area contributed by atoms with Crippen molar-refractivity contribution >= 4 is 17.7 Å². The van der Waals surface area contributed by atoms with E-state index in [9.17, 15) is 4.79 Å². The van der Waals surface area contributed by atoms with Crippen molar-refractivity contribution < 1.29 is 9.21 Å². The van der Waals surface area contributed by atoms with Crippen molar-refractivity contribution in [3.8, 4) is 11.4 Å². The Bertz CT molecular complexity index is 992. The van der Waals surface area contributed by atoms with E-state index in [1.165, 1.54) is 31.0 Å². The highest BCUT2D eigenvalue weighted by atomic mass is 32.2. The van der Waals surface area contributed by atoms with Crippen LogP contribution in [0.4, 0.5) is 0 Å². The molecule has 1 aromatic carbocycles. The number of thioether (sulfide) groups is 1. The fourth-order valence-electron chi connectivity index (χ4n) is 4.36. The summed E-state index contributed by atoms with van der Waals surface area (Å²) in [4.78, 5) is 15.1. The molecule has 0 spiro atoms. The molecule has 0 bridgehead atoms. The second-order valence-corrected chi connectivity index (χ2v) is 8.97. The van der Waals surface area contributed by atoms with Gasteiger partial charge < -0.3 is 9.32 Å². The fourth-order valence-corrected chi connectivity index (χ4v) is 5.18. The van der Waals surface area contributed by atoms with Gasteiger partial charge in [0, 0.05) is 12.6 Å². The fraction of sp³-hybridized carbons (Fsp3) is 0.458. The normalized spacial score (nSPS) is 14.6. The zero-order valence-corrected chi connectivity index (χ0v) is 19.1. The Morgan fingerprint density at radius 2 is 1.94 bits per heavy atom. The number of hydrogen-bond donors (Lipinski definition) is 0. The van der Waals surface area contributed by atoms with E-state index in [0.29, 0.717) is 18.3 Å². The first-order valence-corrected chi connectivity index (χ1v) is 12.1. The summed E-state index contributed by atoms with van der Waals surface area (Å²) < 4.78 is 7.58. The number of carbonyl (C=O) groups is 1. The van der Waals surface area contributed by atoms with Crippen molar-refractivity contribution in [2.45, 2.75) is 63.7 Å². The van der Waals surface area contributed by atoms with Crippen LogP contribution in [0.25, 0.3) is 11.4 Å². The zero-order chi connectivity index (χ0) is 21.6. The molecule has 1 aliphatic carbocycles. The van der Waals surface area contributed by atoms with E-state index >= 15 is 0 Å². The van der Waals surface area contributed by atoms with Crippen LogP contribution in [0.3, 0.4) is 0 Å². The van der Waals surface area contributed by atoms with E-state index in [2.05, 4.69) is 38.7 Å². The Kier molecular flexibility index (Phi) is 7.12. The van der Waals surface area contributed by atoms with Crippen LogP contribution in [0, 0.1) is 6.92 Å². The molecule has 164 valence electrons. The maximum atomic E-state index is 13.0. The minimum atomic E-state index is 0.190. The standard InChI is InChI=1S/C24H30N4O2S/c1-3-27(20-12-8-5-9-13-20)22(29)17-31-24-26-25-23(21-14-15-30-18(21)2)28(24)16-19-10-6-4-7-11-19/h4,6-7,10-11,14-15,20H,3,5,8-9,12-13,16-17H2,1-2H3. The molecule has 2 aromatic heterocycles. The van der Waals surface area contributed by atoms with Crippen LogP contribution >= 0.6 is 11.8 Å². The monoisotopic (exact) mass is 438 g/mol. The number of amides is 1. The number of benzene rings is 1. The molecule has 2 heterocycles. The van der Waals surface area contributed by atoms with Crippen LogP contribution in [0.5, 0.6) is 0 Å². The van der Waals surface area contributed by atoms with Crippen molar-refractivity contribution in [2.75, 3.05) is 12.3 Å². The number of nitrogens with zero attached hydrogens (tertiary/aromatic N) is 4. The molecule has 0 saturated heterocycles. The highest BCUT2D eigenvalue weighted by molar-refractivity contribution is 7.99. The largest absolute Gasteiger partial charge is 0.469 e. The molecule has 0 radical (unpaired) electrons. The minimum Gasteiger partial charge on any atom is -0.469 e. The van der Waals surface area contributed by atoms with Gasteiger partial charge in [-0.1, -0.05) is 61.4 Å². The van der Waals surface area contributed by atoms with E-state index in [-0.39, 0.29) is 5.91 Å². The van der Waals surface area contributed by atoms with Crippen molar-refractivity contribution in [2.24, 2.45) is 0 Å². The molecule has 0 N–H and O–H groups in total. The average Bonchev–Trinajstić information content (AvgIpc) is 3.40. The number of hydrogen-bond acceptors (Lipinski definition) is 5. The average molecular weight is 439 g/mol. The van der Waals surface area contributed by atoms with Crippen LogP contribution < -0.4 is 0 Å². The maximum Gasteiger partial charge on any atom is 0.233 e. The Hall–Kier alpha value is -2.54. The van der Waals surface area contributed by atoms with E-state index in [1.807, 2.05) is 31.2 Å². The third-order valence-corrected chi connectivity index (χ3v) is 6.95. The molecule has 3 aromatic rings. The summed E-state index contributed by atoms with van der Waals surface area (Å²) in [5, 5.41) is 9.66. The van der Waals surface area contributed by atoms with Gasteiger partial charge in [0.05, 0.1) is 24.1 Å². The summed E-state index contributed by atoms with van der Waals surface area (Å²) in [6.07, 6.45) is 7.65. The summed E-state index contributed by atoms with van der Waals surface area (Å²) in [7, 11) is 0. The Labute approximate surface area is 188 Å². The molecule has 0 atom stereocenters. The number of furan rings is 1. The van der Waals surface area contributed by atoms with Gasteiger partial charge in [-0.15, -0.1) is 10.2 Å². The van der Waals surface area contributed by atoms with Gasteiger partial charge in [0.1, 0.15) is 5.76 Å². The van der Waals surface area contributed by atoms with Crippen LogP contribution in [0.15, 0.2) is 52.2 Å². The van der Waals surface area contributed by atoms with Gasteiger partial charge in [0.2, 0.25) is 5.91 Å². The number of rotatable bonds is 8. The molecular formula is C24H30N4O2S. The molecule has 1 aliphatic rings. The van der Waals surface area contributed by atoms with Crippen LogP contribution in [0.1, 0.15) is 50.4 Å². The molecule has 31 heavy (non-hydrogen) atoms. The van der Waals surface area contributed by atoms with E-state index < -0.39 is 0 Å². The smallest absolute Gasteiger partial charge is 0.233 e. The van der Waals surface area contributed by atoms with E-state index in [4.69, 9.17) is 4.42 Å². The first-order valence-electron chi connectivity index (χ1n) is 11.1. The molecule has 1 amide bonds. The van der Waals surface area contributed by atoms with Gasteiger partial charge in [-0.25, -0.2) is 0 Å². The maximum absolute atomic E-state index is 13.0. The lowest BCUT2D eigenvalue weighted by Crippen LogP contribution is -2.42. The summed E-state index contributed by atoms with van der Waals surface area (Å²) in [6, 6.07) is 12.6. The second kappa shape index (κ2) is 10.2. The van der Waals surface area contributed by atoms with Crippen LogP contribution in [0.2, 0.25) is 0 Å². The van der Waals surface area contributed by atoms with Gasteiger partial charge in [-0.2, -0.15) is 0 Å². The van der Waals surface area contributed by atoms with E-state index in [0.717, 1.165) is 47.3 Å². The van der Waals surface area contributed by atoms with Gasteiger partial charge in [0.15, 0.2) is 11.0 Å². The number of carbonyl (C=O) groups excluding carboxylic acids is 1. The highest BCUT2D eigenvalue weighted by Crippen LogP contribution is 2.29. The second-order valence-electron chi connectivity index (χ2n) is 8.03. The topological polar surface area (TPSA) is 64.2 Å². The summed E-state index contributed by atoms with van der Waals surface area (Å²) in [5.74, 6) is 2.14. The van der Waals surface area contributed by atoms with Crippen LogP contribution in [-0.4, -0.2) is 43.9 Å². The Morgan fingerprint density at radius 3 is 2.61 bits per heavy atom. The molecule has 7 heteroatoms. The summed E-state index contributed by atoms with van der Waals surface area (Å²) in [5.41, 5.74) is 2.09. The van der Waals surface area contributed by atoms with Crippen molar-refractivity contribution in [1.82, 2.24) is 19.7 Å². The molecule has 4 rings (SSSR count). The van der Waals surface area contributed by atoms with Crippen molar-refractivity contribution in [1.29, 1.82) is 0 Å². The Morgan fingerprint density at radius 1 is 1.16 bits per heavy atom. The van der Waals surface area contributed by atoms with Crippen LogP contribution in [-0.2, 0) is 11.3 Å². The predicted molar refractivity (Wildman–Crippen MR) is 123 cm³/mol. The van der Waals surface area contributed by atoms with Gasteiger partial charge in [-0.05, 0) is 38.3 Å². The SMILES string of the molecule is CCN(C(=O)CSc1nnc(-c2ccoc2C)n1Cc1ccccc1)C1CCCCC1. The lowest BCUT2D eigenvalue weighted by molar-refractivity contribution is -0.131. The lowest BCUT2D eigenvalue weighted by atomic mass is 9.94. The lowest BCUT2D eigenvalue weighted by Gasteiger charge is -2.33. The molecule has 1 saturated carbocycles. The van der Waals surface area contributed by atoms with E-state index in [1.54, 1.807) is 6.26 Å². The first kappa shape index (κ1) is 21.7.